The molecule has 1 atom stereocenters. The Morgan fingerprint density at radius 1 is 0.774 bits per heavy atom. The number of nitrogens with one attached hydrogen (secondary N) is 2. The number of hydrogen-bond acceptors (Lipinski definition) is 5. The zero-order chi connectivity index (χ0) is 22.6. The van der Waals surface area contributed by atoms with Gasteiger partial charge in [-0.15, -0.1) is 0 Å². The Morgan fingerprint density at radius 2 is 1.39 bits per heavy atom. The van der Waals surface area contributed by atoms with Crippen LogP contribution < -0.4 is 22.1 Å². The summed E-state index contributed by atoms with van der Waals surface area (Å²) < 4.78 is 0. The fourth-order valence-corrected chi connectivity index (χ4v) is 3.51. The van der Waals surface area contributed by atoms with Crippen LogP contribution in [0, 0.1) is 0 Å². The number of amides is 1. The summed E-state index contributed by atoms with van der Waals surface area (Å²) in [5.41, 5.74) is 12.2. The number of benzene rings is 1. The Kier molecular flexibility index (Phi) is 16.7. The van der Waals surface area contributed by atoms with Gasteiger partial charge in [-0.05, 0) is 70.3 Å². The molecule has 31 heavy (non-hydrogen) atoms. The van der Waals surface area contributed by atoms with Crippen molar-refractivity contribution >= 4 is 11.7 Å². The lowest BCUT2D eigenvalue weighted by molar-refractivity contribution is -0.120. The number of carbonyl (C=O) groups excluding carboxylic acids is 2. The number of rotatable bonds is 20. The summed E-state index contributed by atoms with van der Waals surface area (Å²) in [5, 5.41) is 6.31. The van der Waals surface area contributed by atoms with Crippen LogP contribution in [-0.4, -0.2) is 43.9 Å². The minimum Gasteiger partial charge on any atom is -0.352 e. The lowest BCUT2D eigenvalue weighted by Gasteiger charge is -2.11. The van der Waals surface area contributed by atoms with Gasteiger partial charge in [-0.3, -0.25) is 9.59 Å². The van der Waals surface area contributed by atoms with E-state index < -0.39 is 0 Å². The van der Waals surface area contributed by atoms with Gasteiger partial charge in [0.15, 0.2) is 0 Å². The van der Waals surface area contributed by atoms with Crippen molar-refractivity contribution in [1.29, 1.82) is 0 Å². The minimum atomic E-state index is -0.364. The summed E-state index contributed by atoms with van der Waals surface area (Å²) >= 11 is 0. The highest BCUT2D eigenvalue weighted by Crippen LogP contribution is 2.10. The van der Waals surface area contributed by atoms with Crippen molar-refractivity contribution in [3.63, 3.8) is 0 Å². The third kappa shape index (κ3) is 14.8. The monoisotopic (exact) mass is 432 g/mol. The van der Waals surface area contributed by atoms with Crippen molar-refractivity contribution in [2.45, 2.75) is 83.1 Å². The first kappa shape index (κ1) is 27.3. The molecule has 0 aliphatic carbocycles. The van der Waals surface area contributed by atoms with Gasteiger partial charge in [0, 0.05) is 18.5 Å². The number of unbranched alkanes of at least 4 members (excludes halogenated alkanes) is 7. The first-order valence-electron chi connectivity index (χ1n) is 12.2. The van der Waals surface area contributed by atoms with Crippen LogP contribution in [0.3, 0.4) is 0 Å². The zero-order valence-corrected chi connectivity index (χ0v) is 19.2. The molecule has 0 saturated carbocycles. The van der Waals surface area contributed by atoms with Crippen molar-refractivity contribution in [3.8, 4) is 0 Å². The Labute approximate surface area is 188 Å². The summed E-state index contributed by atoms with van der Waals surface area (Å²) in [5.74, 6) is 0.122. The molecule has 6 N–H and O–H groups in total. The maximum Gasteiger partial charge on any atom is 0.251 e. The normalized spacial score (nSPS) is 11.9. The van der Waals surface area contributed by atoms with Gasteiger partial charge in [0.2, 0.25) is 0 Å². The van der Waals surface area contributed by atoms with Gasteiger partial charge in [-0.2, -0.15) is 0 Å². The molecule has 1 rings (SSSR count). The van der Waals surface area contributed by atoms with Crippen LogP contribution in [0.2, 0.25) is 0 Å². The topological polar surface area (TPSA) is 110 Å². The van der Waals surface area contributed by atoms with E-state index in [1.807, 2.05) is 18.2 Å². The van der Waals surface area contributed by atoms with Crippen molar-refractivity contribution in [2.24, 2.45) is 11.5 Å². The molecule has 0 unspecified atom stereocenters. The van der Waals surface area contributed by atoms with E-state index in [9.17, 15) is 9.59 Å². The van der Waals surface area contributed by atoms with E-state index in [1.165, 1.54) is 32.1 Å². The Hall–Kier alpha value is -1.76. The molecule has 0 spiro atoms. The maximum absolute atomic E-state index is 12.2. The van der Waals surface area contributed by atoms with Crippen molar-refractivity contribution < 1.29 is 9.59 Å². The third-order valence-electron chi connectivity index (χ3n) is 5.51. The number of carbonyl (C=O) groups is 2. The lowest BCUT2D eigenvalue weighted by atomic mass is 10.0. The summed E-state index contributed by atoms with van der Waals surface area (Å²) in [6.45, 7) is 3.48. The average molecular weight is 433 g/mol. The van der Waals surface area contributed by atoms with Crippen molar-refractivity contribution in [3.05, 3.63) is 35.9 Å². The summed E-state index contributed by atoms with van der Waals surface area (Å²) in [6, 6.07) is 8.83. The van der Waals surface area contributed by atoms with Crippen molar-refractivity contribution in [2.75, 3.05) is 26.2 Å². The fourth-order valence-electron chi connectivity index (χ4n) is 3.51. The van der Waals surface area contributed by atoms with Crippen LogP contribution >= 0.6 is 0 Å². The van der Waals surface area contributed by atoms with Gasteiger partial charge < -0.3 is 22.1 Å². The largest absolute Gasteiger partial charge is 0.352 e. The van der Waals surface area contributed by atoms with E-state index in [1.54, 1.807) is 12.1 Å². The molecule has 0 aromatic heterocycles. The molecular weight excluding hydrogens is 388 g/mol. The molecule has 0 fully saturated rings. The summed E-state index contributed by atoms with van der Waals surface area (Å²) in [7, 11) is 0. The molecule has 0 heterocycles. The Morgan fingerprint density at radius 3 is 2.10 bits per heavy atom. The zero-order valence-electron chi connectivity index (χ0n) is 19.2. The number of ketones is 1. The smallest absolute Gasteiger partial charge is 0.251 e. The predicted octanol–water partition coefficient (Wildman–Crippen LogP) is 3.54. The lowest BCUT2D eigenvalue weighted by Crippen LogP contribution is -2.30. The molecule has 6 nitrogen and oxygen atoms in total. The van der Waals surface area contributed by atoms with Gasteiger partial charge >= 0.3 is 0 Å². The highest BCUT2D eigenvalue weighted by molar-refractivity contribution is 5.94. The second kappa shape index (κ2) is 19.0. The predicted molar refractivity (Wildman–Crippen MR) is 129 cm³/mol. The van der Waals surface area contributed by atoms with Gasteiger partial charge in [-0.25, -0.2) is 0 Å². The van der Waals surface area contributed by atoms with E-state index in [-0.39, 0.29) is 17.7 Å². The quantitative estimate of drug-likeness (QED) is 0.236. The molecular formula is C25H44N4O2. The van der Waals surface area contributed by atoms with E-state index in [4.69, 9.17) is 11.5 Å². The van der Waals surface area contributed by atoms with Crippen LogP contribution in [0.4, 0.5) is 0 Å². The number of nitrogens with two attached hydrogens (primary N) is 2. The molecule has 1 aromatic rings. The molecule has 0 aliphatic rings. The second-order valence-electron chi connectivity index (χ2n) is 8.31. The number of Topliss-reactive ketones (excluding diaryl/α,β-unsaturated/α-hetero) is 1. The molecule has 1 aromatic carbocycles. The molecule has 0 saturated heterocycles. The first-order valence-corrected chi connectivity index (χ1v) is 12.2. The summed E-state index contributed by atoms with van der Waals surface area (Å²) in [4.78, 5) is 24.1. The molecule has 0 radical (unpaired) electrons. The third-order valence-corrected chi connectivity index (χ3v) is 5.51. The highest BCUT2D eigenvalue weighted by Gasteiger charge is 2.12. The van der Waals surface area contributed by atoms with Crippen LogP contribution in [-0.2, 0) is 4.79 Å². The first-order chi connectivity index (χ1) is 15.1. The minimum absolute atomic E-state index is 0.0554. The van der Waals surface area contributed by atoms with Gasteiger partial charge in [0.1, 0.15) is 5.78 Å². The Balaban J connectivity index is 1.90. The Bertz CT molecular complexity index is 580. The SMILES string of the molecule is NCCCNCCCCCCCCCC(=O)[C@@H](N)CCCCNC(=O)c1ccccc1. The van der Waals surface area contributed by atoms with E-state index >= 15 is 0 Å². The highest BCUT2D eigenvalue weighted by atomic mass is 16.1. The van der Waals surface area contributed by atoms with Gasteiger partial charge in [-0.1, -0.05) is 50.3 Å². The van der Waals surface area contributed by atoms with E-state index in [2.05, 4.69) is 10.6 Å². The fraction of sp³-hybridized carbons (Fsp3) is 0.680. The van der Waals surface area contributed by atoms with Gasteiger partial charge in [0.25, 0.3) is 5.91 Å². The van der Waals surface area contributed by atoms with Crippen molar-refractivity contribution in [1.82, 2.24) is 10.6 Å². The van der Waals surface area contributed by atoms with Crippen LogP contribution in [0.15, 0.2) is 30.3 Å². The molecule has 0 bridgehead atoms. The second-order valence-corrected chi connectivity index (χ2v) is 8.31. The molecule has 0 aliphatic heterocycles. The molecule has 6 heteroatoms. The van der Waals surface area contributed by atoms with E-state index in [0.717, 1.165) is 51.7 Å². The van der Waals surface area contributed by atoms with Crippen LogP contribution in [0.1, 0.15) is 87.4 Å². The van der Waals surface area contributed by atoms with Crippen LogP contribution in [0.5, 0.6) is 0 Å². The molecule has 176 valence electrons. The molecule has 1 amide bonds. The van der Waals surface area contributed by atoms with Gasteiger partial charge in [0.05, 0.1) is 6.04 Å². The van der Waals surface area contributed by atoms with Crippen LogP contribution in [0.25, 0.3) is 0 Å². The standard InChI is InChI=1S/C25H44N4O2/c26-18-13-20-28-19-11-5-3-1-2-4-9-17-24(30)23(27)16-10-12-21-29-25(31)22-14-7-6-8-15-22/h6-8,14-15,23,28H,1-5,9-13,16-21,26-27H2,(H,29,31)/t23-/m0/s1. The van der Waals surface area contributed by atoms with E-state index in [0.29, 0.717) is 24.9 Å². The average Bonchev–Trinajstić information content (AvgIpc) is 2.79. The summed E-state index contributed by atoms with van der Waals surface area (Å²) in [6.07, 6.45) is 12.3. The number of hydrogen-bond donors (Lipinski definition) is 4. The maximum atomic E-state index is 12.2.